The van der Waals surface area contributed by atoms with E-state index in [9.17, 15) is 4.79 Å². The van der Waals surface area contributed by atoms with Gasteiger partial charge >= 0.3 is 0 Å². The van der Waals surface area contributed by atoms with Crippen LogP contribution in [0.1, 0.15) is 27.4 Å². The zero-order valence-electron chi connectivity index (χ0n) is 14.8. The van der Waals surface area contributed by atoms with E-state index in [4.69, 9.17) is 14.0 Å². The Morgan fingerprint density at radius 2 is 1.92 bits per heavy atom. The van der Waals surface area contributed by atoms with Gasteiger partial charge in [0.2, 0.25) is 0 Å². The van der Waals surface area contributed by atoms with Gasteiger partial charge in [-0.05, 0) is 44.2 Å². The number of nitrogens with one attached hydrogen (secondary N) is 1. The number of rotatable bonds is 6. The summed E-state index contributed by atoms with van der Waals surface area (Å²) >= 11 is 0. The second kappa shape index (κ2) is 7.69. The molecule has 0 spiro atoms. The van der Waals surface area contributed by atoms with Crippen LogP contribution in [0.5, 0.6) is 11.5 Å². The van der Waals surface area contributed by atoms with Gasteiger partial charge in [0.15, 0.2) is 11.5 Å². The molecular weight excluding hydrogens is 334 g/mol. The van der Waals surface area contributed by atoms with Crippen LogP contribution in [-0.2, 0) is 6.61 Å². The number of amides is 1. The lowest BCUT2D eigenvalue weighted by Crippen LogP contribution is -2.12. The van der Waals surface area contributed by atoms with Crippen LogP contribution in [0.3, 0.4) is 0 Å². The molecule has 0 atom stereocenters. The summed E-state index contributed by atoms with van der Waals surface area (Å²) in [6.07, 6.45) is 3.23. The Balaban J connectivity index is 1.74. The van der Waals surface area contributed by atoms with Gasteiger partial charge in [-0.15, -0.1) is 0 Å². The molecule has 3 aromatic rings. The molecule has 0 saturated heterocycles. The van der Waals surface area contributed by atoms with Gasteiger partial charge in [0, 0.05) is 23.6 Å². The third kappa shape index (κ3) is 3.83. The highest BCUT2D eigenvalue weighted by Gasteiger charge is 2.14. The average molecular weight is 353 g/mol. The lowest BCUT2D eigenvalue weighted by Gasteiger charge is -2.12. The van der Waals surface area contributed by atoms with Crippen molar-refractivity contribution >= 4 is 11.6 Å². The maximum atomic E-state index is 12.4. The van der Waals surface area contributed by atoms with E-state index in [0.717, 1.165) is 17.0 Å². The van der Waals surface area contributed by atoms with Gasteiger partial charge in [-0.1, -0.05) is 5.16 Å². The Bertz CT molecular complexity index is 887. The van der Waals surface area contributed by atoms with E-state index in [0.29, 0.717) is 29.4 Å². The van der Waals surface area contributed by atoms with Crippen LogP contribution in [0.25, 0.3) is 0 Å². The molecule has 1 aromatic carbocycles. The van der Waals surface area contributed by atoms with E-state index in [1.807, 2.05) is 13.8 Å². The number of aromatic nitrogens is 2. The molecule has 2 heterocycles. The fraction of sp³-hybridized carbons (Fsp3) is 0.211. The first-order chi connectivity index (χ1) is 12.6. The molecule has 134 valence electrons. The highest BCUT2D eigenvalue weighted by atomic mass is 16.5. The van der Waals surface area contributed by atoms with Crippen molar-refractivity contribution in [3.63, 3.8) is 0 Å². The predicted octanol–water partition coefficient (Wildman–Crippen LogP) is 3.53. The Morgan fingerprint density at radius 3 is 2.58 bits per heavy atom. The van der Waals surface area contributed by atoms with Gasteiger partial charge in [-0.25, -0.2) is 0 Å². The number of ether oxygens (including phenoxy) is 2. The second-order valence-electron chi connectivity index (χ2n) is 5.65. The standard InChI is InChI=1S/C19H19N3O4/c1-12-16(13(2)26-22-12)11-25-17-5-4-14(10-18(17)24-3)19(23)21-15-6-8-20-9-7-15/h4-10H,11H2,1-3H3,(H,20,21,23). The van der Waals surface area contributed by atoms with Crippen molar-refractivity contribution in [1.82, 2.24) is 10.1 Å². The summed E-state index contributed by atoms with van der Waals surface area (Å²) in [4.78, 5) is 16.3. The maximum absolute atomic E-state index is 12.4. The van der Waals surface area contributed by atoms with Crippen molar-refractivity contribution < 1.29 is 18.8 Å². The van der Waals surface area contributed by atoms with Crippen LogP contribution in [0.4, 0.5) is 5.69 Å². The number of carbonyl (C=O) groups excluding carboxylic acids is 1. The van der Waals surface area contributed by atoms with Gasteiger partial charge in [0.05, 0.1) is 18.4 Å². The van der Waals surface area contributed by atoms with Crippen molar-refractivity contribution in [3.05, 3.63) is 65.3 Å². The minimum Gasteiger partial charge on any atom is -0.493 e. The Kier molecular flexibility index (Phi) is 5.17. The number of nitrogens with zero attached hydrogens (tertiary/aromatic N) is 2. The van der Waals surface area contributed by atoms with Crippen molar-refractivity contribution in [2.45, 2.75) is 20.5 Å². The molecule has 3 rings (SSSR count). The summed E-state index contributed by atoms with van der Waals surface area (Å²) in [5, 5.41) is 6.71. The minimum absolute atomic E-state index is 0.244. The van der Waals surface area contributed by atoms with E-state index in [1.54, 1.807) is 42.7 Å². The fourth-order valence-electron chi connectivity index (χ4n) is 2.42. The first-order valence-corrected chi connectivity index (χ1v) is 8.02. The third-order valence-corrected chi connectivity index (χ3v) is 3.92. The summed E-state index contributed by atoms with van der Waals surface area (Å²) in [7, 11) is 1.53. The number of hydrogen-bond donors (Lipinski definition) is 1. The monoisotopic (exact) mass is 353 g/mol. The zero-order valence-corrected chi connectivity index (χ0v) is 14.8. The molecule has 26 heavy (non-hydrogen) atoms. The van der Waals surface area contributed by atoms with E-state index in [1.165, 1.54) is 7.11 Å². The molecule has 0 radical (unpaired) electrons. The molecule has 1 amide bonds. The summed E-state index contributed by atoms with van der Waals surface area (Å²) in [5.74, 6) is 1.48. The summed E-state index contributed by atoms with van der Waals surface area (Å²) in [6.45, 7) is 4.00. The quantitative estimate of drug-likeness (QED) is 0.729. The van der Waals surface area contributed by atoms with Crippen molar-refractivity contribution in [3.8, 4) is 11.5 Å². The van der Waals surface area contributed by atoms with Crippen LogP contribution in [-0.4, -0.2) is 23.2 Å². The normalized spacial score (nSPS) is 10.4. The summed E-state index contributed by atoms with van der Waals surface area (Å²) in [6, 6.07) is 8.46. The Morgan fingerprint density at radius 1 is 1.15 bits per heavy atom. The maximum Gasteiger partial charge on any atom is 0.255 e. The molecule has 0 aliphatic heterocycles. The van der Waals surface area contributed by atoms with Crippen molar-refractivity contribution in [1.29, 1.82) is 0 Å². The smallest absolute Gasteiger partial charge is 0.255 e. The van der Waals surface area contributed by atoms with Crippen LogP contribution in [0, 0.1) is 13.8 Å². The van der Waals surface area contributed by atoms with E-state index < -0.39 is 0 Å². The SMILES string of the molecule is COc1cc(C(=O)Nc2ccncc2)ccc1OCc1c(C)noc1C. The van der Waals surface area contributed by atoms with E-state index in [-0.39, 0.29) is 5.91 Å². The van der Waals surface area contributed by atoms with Crippen molar-refractivity contribution in [2.75, 3.05) is 12.4 Å². The van der Waals surface area contributed by atoms with Gasteiger partial charge in [-0.3, -0.25) is 9.78 Å². The highest BCUT2D eigenvalue weighted by Crippen LogP contribution is 2.29. The topological polar surface area (TPSA) is 86.5 Å². The summed E-state index contributed by atoms with van der Waals surface area (Å²) in [5.41, 5.74) is 2.81. The Hall–Kier alpha value is -3.35. The fourth-order valence-corrected chi connectivity index (χ4v) is 2.42. The summed E-state index contributed by atoms with van der Waals surface area (Å²) < 4.78 is 16.3. The van der Waals surface area contributed by atoms with Crippen LogP contribution in [0.15, 0.2) is 47.2 Å². The molecule has 1 N–H and O–H groups in total. The number of aryl methyl sites for hydroxylation is 2. The molecule has 7 heteroatoms. The third-order valence-electron chi connectivity index (χ3n) is 3.92. The molecule has 0 unspecified atom stereocenters. The van der Waals surface area contributed by atoms with E-state index >= 15 is 0 Å². The number of benzene rings is 1. The number of hydrogen-bond acceptors (Lipinski definition) is 6. The van der Waals surface area contributed by atoms with Crippen LogP contribution < -0.4 is 14.8 Å². The van der Waals surface area contributed by atoms with E-state index in [2.05, 4.69) is 15.5 Å². The largest absolute Gasteiger partial charge is 0.493 e. The predicted molar refractivity (Wildman–Crippen MR) is 95.5 cm³/mol. The van der Waals surface area contributed by atoms with Gasteiger partial charge < -0.3 is 19.3 Å². The van der Waals surface area contributed by atoms with Crippen molar-refractivity contribution in [2.24, 2.45) is 0 Å². The number of anilines is 1. The van der Waals surface area contributed by atoms with Gasteiger partial charge in [-0.2, -0.15) is 0 Å². The molecule has 7 nitrogen and oxygen atoms in total. The second-order valence-corrected chi connectivity index (χ2v) is 5.65. The highest BCUT2D eigenvalue weighted by molar-refractivity contribution is 6.04. The minimum atomic E-state index is -0.244. The lowest BCUT2D eigenvalue weighted by molar-refractivity contribution is 0.102. The van der Waals surface area contributed by atoms with Crippen LogP contribution >= 0.6 is 0 Å². The first-order valence-electron chi connectivity index (χ1n) is 8.02. The molecule has 0 aliphatic carbocycles. The molecule has 0 fully saturated rings. The lowest BCUT2D eigenvalue weighted by atomic mass is 10.1. The number of pyridine rings is 1. The Labute approximate surface area is 150 Å². The number of methoxy groups -OCH3 is 1. The first kappa shape index (κ1) is 17.5. The molecule has 0 saturated carbocycles. The molecule has 0 aliphatic rings. The van der Waals surface area contributed by atoms with Gasteiger partial charge in [0.25, 0.3) is 5.91 Å². The molecule has 0 bridgehead atoms. The number of carbonyl (C=O) groups is 1. The molecular formula is C19H19N3O4. The molecule has 2 aromatic heterocycles. The van der Waals surface area contributed by atoms with Crippen LogP contribution in [0.2, 0.25) is 0 Å². The zero-order chi connectivity index (χ0) is 18.5. The van der Waals surface area contributed by atoms with Gasteiger partial charge in [0.1, 0.15) is 12.4 Å². The average Bonchev–Trinajstić information content (AvgIpc) is 2.98.